The number of carboxylic acids is 1. The summed E-state index contributed by atoms with van der Waals surface area (Å²) in [5.41, 5.74) is -0.895. The molecule has 0 radical (unpaired) electrons. The fraction of sp³-hybridized carbons (Fsp3) is 0.857. The van der Waals surface area contributed by atoms with E-state index in [2.05, 4.69) is 5.32 Å². The first-order valence-corrected chi connectivity index (χ1v) is 7.38. The number of nitrogens with one attached hydrogen (secondary N) is 2. The zero-order valence-electron chi connectivity index (χ0n) is 12.8. The van der Waals surface area contributed by atoms with Crippen molar-refractivity contribution in [2.75, 3.05) is 0 Å². The van der Waals surface area contributed by atoms with Gasteiger partial charge in [-0.05, 0) is 39.0 Å². The summed E-state index contributed by atoms with van der Waals surface area (Å²) in [6.07, 6.45) is -2.14. The van der Waals surface area contributed by atoms with Crippen LogP contribution in [0.25, 0.3) is 0 Å². The second kappa shape index (κ2) is 7.19. The van der Waals surface area contributed by atoms with Crippen molar-refractivity contribution in [2.45, 2.75) is 70.1 Å². The zero-order chi connectivity index (χ0) is 17.0. The SMILES string of the molecule is CC(C)(CCC(=O)O)NC(=O)NC(C1CCCC1)C(F)(F)F. The van der Waals surface area contributed by atoms with Crippen LogP contribution in [0.2, 0.25) is 0 Å². The highest BCUT2D eigenvalue weighted by Crippen LogP contribution is 2.35. The van der Waals surface area contributed by atoms with Gasteiger partial charge in [0.15, 0.2) is 0 Å². The van der Waals surface area contributed by atoms with Crippen molar-refractivity contribution in [3.05, 3.63) is 0 Å². The molecule has 1 rings (SSSR count). The number of urea groups is 1. The summed E-state index contributed by atoms with van der Waals surface area (Å²) in [7, 11) is 0. The van der Waals surface area contributed by atoms with Crippen LogP contribution in [0.5, 0.6) is 0 Å². The minimum absolute atomic E-state index is 0.135. The number of halogens is 3. The average molecular weight is 324 g/mol. The maximum Gasteiger partial charge on any atom is 0.408 e. The quantitative estimate of drug-likeness (QED) is 0.702. The van der Waals surface area contributed by atoms with Gasteiger partial charge >= 0.3 is 18.2 Å². The Hall–Kier alpha value is -1.47. The molecule has 3 N–H and O–H groups in total. The predicted molar refractivity (Wildman–Crippen MR) is 74.4 cm³/mol. The third-order valence-corrected chi connectivity index (χ3v) is 3.93. The molecule has 1 saturated carbocycles. The number of carboxylic acid groups (broad SMARTS) is 1. The van der Waals surface area contributed by atoms with Crippen molar-refractivity contribution in [2.24, 2.45) is 5.92 Å². The van der Waals surface area contributed by atoms with Crippen molar-refractivity contribution in [3.8, 4) is 0 Å². The van der Waals surface area contributed by atoms with Crippen LogP contribution in [0, 0.1) is 5.92 Å². The first-order valence-electron chi connectivity index (χ1n) is 7.38. The molecule has 0 bridgehead atoms. The molecule has 5 nitrogen and oxygen atoms in total. The van der Waals surface area contributed by atoms with Crippen molar-refractivity contribution in [3.63, 3.8) is 0 Å². The van der Waals surface area contributed by atoms with Crippen LogP contribution in [-0.4, -0.2) is 34.9 Å². The number of hydrogen-bond acceptors (Lipinski definition) is 2. The lowest BCUT2D eigenvalue weighted by Gasteiger charge is -2.30. The van der Waals surface area contributed by atoms with Crippen LogP contribution in [0.3, 0.4) is 0 Å². The molecule has 0 aromatic carbocycles. The zero-order valence-corrected chi connectivity index (χ0v) is 12.8. The molecule has 1 atom stereocenters. The number of carbonyl (C=O) groups is 2. The highest BCUT2D eigenvalue weighted by molar-refractivity contribution is 5.75. The second-order valence-corrected chi connectivity index (χ2v) is 6.44. The van der Waals surface area contributed by atoms with E-state index in [0.29, 0.717) is 12.8 Å². The van der Waals surface area contributed by atoms with E-state index in [1.54, 1.807) is 13.8 Å². The van der Waals surface area contributed by atoms with E-state index < -0.39 is 35.7 Å². The highest BCUT2D eigenvalue weighted by atomic mass is 19.4. The lowest BCUT2D eigenvalue weighted by molar-refractivity contribution is -0.164. The summed E-state index contributed by atoms with van der Waals surface area (Å²) >= 11 is 0. The van der Waals surface area contributed by atoms with E-state index >= 15 is 0 Å². The Kier molecular flexibility index (Phi) is 6.08. The summed E-state index contributed by atoms with van der Waals surface area (Å²) in [5, 5.41) is 13.1. The molecule has 128 valence electrons. The molecule has 0 aromatic rings. The topological polar surface area (TPSA) is 78.4 Å². The Balaban J connectivity index is 2.61. The average Bonchev–Trinajstić information content (AvgIpc) is 2.85. The standard InChI is InChI=1S/C14H23F3N2O3/c1-13(2,8-7-10(20)21)19-12(22)18-11(14(15,16)17)9-5-3-4-6-9/h9,11H,3-8H2,1-2H3,(H,20,21)(H2,18,19,22). The summed E-state index contributed by atoms with van der Waals surface area (Å²) < 4.78 is 39.3. The van der Waals surface area contributed by atoms with Gasteiger partial charge in [0.25, 0.3) is 0 Å². The molecule has 1 fully saturated rings. The number of aliphatic carboxylic acids is 1. The fourth-order valence-corrected chi connectivity index (χ4v) is 2.72. The Morgan fingerprint density at radius 1 is 1.23 bits per heavy atom. The van der Waals surface area contributed by atoms with Crippen molar-refractivity contribution in [1.82, 2.24) is 10.6 Å². The summed E-state index contributed by atoms with van der Waals surface area (Å²) in [5.74, 6) is -1.61. The van der Waals surface area contributed by atoms with Crippen molar-refractivity contribution < 1.29 is 27.9 Å². The van der Waals surface area contributed by atoms with Crippen LogP contribution in [0.1, 0.15) is 52.4 Å². The van der Waals surface area contributed by atoms with Gasteiger partial charge in [-0.2, -0.15) is 13.2 Å². The van der Waals surface area contributed by atoms with Gasteiger partial charge in [-0.15, -0.1) is 0 Å². The van der Waals surface area contributed by atoms with Gasteiger partial charge in [0.1, 0.15) is 6.04 Å². The van der Waals surface area contributed by atoms with E-state index in [0.717, 1.165) is 12.8 Å². The summed E-state index contributed by atoms with van der Waals surface area (Å²) in [4.78, 5) is 22.4. The molecular formula is C14H23F3N2O3. The first kappa shape index (κ1) is 18.6. The fourth-order valence-electron chi connectivity index (χ4n) is 2.72. The van der Waals surface area contributed by atoms with Crippen LogP contribution in [0.15, 0.2) is 0 Å². The molecule has 1 aliphatic carbocycles. The van der Waals surface area contributed by atoms with E-state index in [-0.39, 0.29) is 12.8 Å². The van der Waals surface area contributed by atoms with E-state index in [4.69, 9.17) is 5.11 Å². The number of carbonyl (C=O) groups excluding carboxylic acids is 1. The molecule has 0 aromatic heterocycles. The molecule has 0 heterocycles. The third-order valence-electron chi connectivity index (χ3n) is 3.93. The molecule has 2 amide bonds. The molecule has 1 unspecified atom stereocenters. The van der Waals surface area contributed by atoms with E-state index in [1.165, 1.54) is 0 Å². The Bertz CT molecular complexity index is 405. The van der Waals surface area contributed by atoms with E-state index in [9.17, 15) is 22.8 Å². The lowest BCUT2D eigenvalue weighted by atomic mass is 9.97. The largest absolute Gasteiger partial charge is 0.481 e. The molecule has 8 heteroatoms. The van der Waals surface area contributed by atoms with Gasteiger partial charge in [-0.25, -0.2) is 4.79 Å². The van der Waals surface area contributed by atoms with Gasteiger partial charge in [-0.1, -0.05) is 12.8 Å². The monoisotopic (exact) mass is 324 g/mol. The number of hydrogen-bond donors (Lipinski definition) is 3. The van der Waals surface area contributed by atoms with Crippen molar-refractivity contribution >= 4 is 12.0 Å². The predicted octanol–water partition coefficient (Wildman–Crippen LogP) is 3.05. The van der Waals surface area contributed by atoms with Crippen molar-refractivity contribution in [1.29, 1.82) is 0 Å². The van der Waals surface area contributed by atoms with Crippen LogP contribution >= 0.6 is 0 Å². The van der Waals surface area contributed by atoms with Gasteiger partial charge in [-0.3, -0.25) is 4.79 Å². The third kappa shape index (κ3) is 6.11. The highest BCUT2D eigenvalue weighted by Gasteiger charge is 2.46. The Morgan fingerprint density at radius 2 is 1.77 bits per heavy atom. The van der Waals surface area contributed by atoms with Crippen LogP contribution in [0.4, 0.5) is 18.0 Å². The maximum absolute atomic E-state index is 13.1. The molecule has 0 saturated heterocycles. The lowest BCUT2D eigenvalue weighted by Crippen LogP contribution is -2.56. The minimum Gasteiger partial charge on any atom is -0.481 e. The van der Waals surface area contributed by atoms with E-state index in [1.807, 2.05) is 5.32 Å². The summed E-state index contributed by atoms with van der Waals surface area (Å²) in [6.45, 7) is 3.15. The molecule has 22 heavy (non-hydrogen) atoms. The molecule has 0 aliphatic heterocycles. The maximum atomic E-state index is 13.1. The van der Waals surface area contributed by atoms with Crippen LogP contribution < -0.4 is 10.6 Å². The van der Waals surface area contributed by atoms with Gasteiger partial charge in [0.05, 0.1) is 0 Å². The van der Waals surface area contributed by atoms with Crippen LogP contribution in [-0.2, 0) is 4.79 Å². The summed E-state index contributed by atoms with van der Waals surface area (Å²) in [6, 6.07) is -2.77. The molecule has 0 spiro atoms. The number of alkyl halides is 3. The molecule has 1 aliphatic rings. The number of rotatable bonds is 6. The second-order valence-electron chi connectivity index (χ2n) is 6.44. The molecular weight excluding hydrogens is 301 g/mol. The Morgan fingerprint density at radius 3 is 2.23 bits per heavy atom. The van der Waals surface area contributed by atoms with Gasteiger partial charge < -0.3 is 15.7 Å². The van der Waals surface area contributed by atoms with Gasteiger partial charge in [0.2, 0.25) is 0 Å². The minimum atomic E-state index is -4.49. The first-order chi connectivity index (χ1) is 10.0. The smallest absolute Gasteiger partial charge is 0.408 e. The normalized spacial score (nSPS) is 18.0. The Labute approximate surface area is 127 Å². The number of amides is 2. The van der Waals surface area contributed by atoms with Gasteiger partial charge in [0, 0.05) is 12.0 Å².